The summed E-state index contributed by atoms with van der Waals surface area (Å²) in [5.74, 6) is -0.938. The van der Waals surface area contributed by atoms with Crippen molar-refractivity contribution in [2.45, 2.75) is 52.2 Å². The van der Waals surface area contributed by atoms with E-state index in [-0.39, 0.29) is 5.69 Å². The van der Waals surface area contributed by atoms with Gasteiger partial charge in [0.1, 0.15) is 11.6 Å². The summed E-state index contributed by atoms with van der Waals surface area (Å²) in [5, 5.41) is 10.8. The van der Waals surface area contributed by atoms with Crippen LogP contribution in [-0.4, -0.2) is 27.9 Å². The number of fused-ring (bicyclic) bond motifs is 2. The zero-order valence-electron chi connectivity index (χ0n) is 19.5. The van der Waals surface area contributed by atoms with Gasteiger partial charge in [0.2, 0.25) is 0 Å². The first kappa shape index (κ1) is 23.0. The summed E-state index contributed by atoms with van der Waals surface area (Å²) in [4.78, 5) is 25.6. The number of carbonyl (C=O) groups is 1. The molecule has 0 bridgehead atoms. The number of pyridine rings is 1. The second-order valence-corrected chi connectivity index (χ2v) is 9.43. The van der Waals surface area contributed by atoms with Crippen molar-refractivity contribution in [1.29, 1.82) is 0 Å². The molecule has 0 saturated carbocycles. The molecule has 1 N–H and O–H groups in total. The summed E-state index contributed by atoms with van der Waals surface area (Å²) in [7, 11) is 1.53. The molecule has 7 heteroatoms. The van der Waals surface area contributed by atoms with Crippen LogP contribution in [0.4, 0.5) is 4.39 Å². The maximum atomic E-state index is 14.4. The van der Waals surface area contributed by atoms with Crippen LogP contribution in [0.15, 0.2) is 35.1 Å². The van der Waals surface area contributed by atoms with Crippen molar-refractivity contribution >= 4 is 16.7 Å². The number of rotatable bonds is 4. The molecule has 0 amide bonds. The average Bonchev–Trinajstić information content (AvgIpc) is 2.75. The highest BCUT2D eigenvalue weighted by atomic mass is 19.1. The molecule has 2 heterocycles. The van der Waals surface area contributed by atoms with Crippen LogP contribution in [0.25, 0.3) is 21.9 Å². The molecule has 1 unspecified atom stereocenters. The second-order valence-electron chi connectivity index (χ2n) is 9.43. The fraction of sp³-hybridized carbons (Fsp3) is 0.385. The molecule has 174 valence electrons. The minimum Gasteiger partial charge on any atom is -0.493 e. The molecule has 3 aromatic rings. The molecular weight excluding hydrogens is 425 g/mol. The van der Waals surface area contributed by atoms with Crippen LogP contribution in [0, 0.1) is 12.7 Å². The third kappa shape index (κ3) is 4.13. The van der Waals surface area contributed by atoms with Gasteiger partial charge in [0.05, 0.1) is 17.9 Å². The van der Waals surface area contributed by atoms with Gasteiger partial charge in [0.25, 0.3) is 5.56 Å². The lowest BCUT2D eigenvalue weighted by molar-refractivity contribution is -0.161. The Hall–Kier alpha value is -3.19. The first-order chi connectivity index (χ1) is 15.5. The number of hydrogen-bond acceptors (Lipinski definition) is 4. The number of benzene rings is 2. The quantitative estimate of drug-likeness (QED) is 0.607. The Labute approximate surface area is 191 Å². The number of aliphatic carboxylic acids is 1. The van der Waals surface area contributed by atoms with Gasteiger partial charge in [-0.15, -0.1) is 0 Å². The van der Waals surface area contributed by atoms with Gasteiger partial charge in [-0.3, -0.25) is 4.79 Å². The Kier molecular flexibility index (Phi) is 5.78. The van der Waals surface area contributed by atoms with Gasteiger partial charge < -0.3 is 19.1 Å². The first-order valence-corrected chi connectivity index (χ1v) is 11.0. The Bertz CT molecular complexity index is 1320. The molecule has 2 aromatic carbocycles. The number of halogens is 1. The maximum Gasteiger partial charge on any atom is 0.339 e. The van der Waals surface area contributed by atoms with Gasteiger partial charge in [0.15, 0.2) is 6.10 Å². The van der Waals surface area contributed by atoms with Crippen molar-refractivity contribution in [2.75, 3.05) is 6.61 Å². The summed E-state index contributed by atoms with van der Waals surface area (Å²) in [6, 6.07) is 7.68. The van der Waals surface area contributed by atoms with Crippen molar-refractivity contribution < 1.29 is 23.8 Å². The lowest BCUT2D eigenvalue weighted by atomic mass is 9.88. The molecule has 1 aromatic heterocycles. The predicted octanol–water partition coefficient (Wildman–Crippen LogP) is 4.92. The van der Waals surface area contributed by atoms with Crippen LogP contribution in [0.3, 0.4) is 0 Å². The third-order valence-corrected chi connectivity index (χ3v) is 6.00. The zero-order chi connectivity index (χ0) is 24.1. The van der Waals surface area contributed by atoms with Gasteiger partial charge >= 0.3 is 5.97 Å². The fourth-order valence-electron chi connectivity index (χ4n) is 4.55. The highest BCUT2D eigenvalue weighted by Gasteiger charge is 2.33. The summed E-state index contributed by atoms with van der Waals surface area (Å²) >= 11 is 0. The van der Waals surface area contributed by atoms with Gasteiger partial charge in [-0.25, -0.2) is 9.18 Å². The maximum absolute atomic E-state index is 14.4. The van der Waals surface area contributed by atoms with Crippen molar-refractivity contribution in [2.24, 2.45) is 7.05 Å². The van der Waals surface area contributed by atoms with Crippen molar-refractivity contribution in [3.05, 3.63) is 63.3 Å². The highest BCUT2D eigenvalue weighted by molar-refractivity contribution is 6.00. The van der Waals surface area contributed by atoms with E-state index in [1.165, 1.54) is 29.8 Å². The SMILES string of the molecule is Cc1c(-c2c(C(OC(C)(C)C)C(=O)O)n(C)c(=O)c3ccc(F)cc23)ccc2c1CCCO2. The summed E-state index contributed by atoms with van der Waals surface area (Å²) in [6.07, 6.45) is 0.262. The van der Waals surface area contributed by atoms with Gasteiger partial charge in [-0.1, -0.05) is 6.07 Å². The molecule has 1 aliphatic heterocycles. The Morgan fingerprint density at radius 3 is 2.61 bits per heavy atom. The Balaban J connectivity index is 2.15. The number of nitrogens with zero attached hydrogens (tertiary/aromatic N) is 1. The number of carboxylic acid groups (broad SMARTS) is 1. The number of hydrogen-bond donors (Lipinski definition) is 1. The minimum absolute atomic E-state index is 0.181. The molecule has 0 saturated heterocycles. The number of aromatic nitrogens is 1. The Morgan fingerprint density at radius 1 is 1.21 bits per heavy atom. The molecule has 6 nitrogen and oxygen atoms in total. The lowest BCUT2D eigenvalue weighted by Crippen LogP contribution is -2.33. The second kappa shape index (κ2) is 8.30. The molecule has 33 heavy (non-hydrogen) atoms. The van der Waals surface area contributed by atoms with E-state index in [1.807, 2.05) is 19.1 Å². The van der Waals surface area contributed by atoms with Crippen molar-refractivity contribution in [3.8, 4) is 16.9 Å². The van der Waals surface area contributed by atoms with E-state index in [0.717, 1.165) is 35.3 Å². The molecule has 0 spiro atoms. The lowest BCUT2D eigenvalue weighted by Gasteiger charge is -2.29. The normalized spacial score (nSPS) is 14.6. The minimum atomic E-state index is -1.43. The highest BCUT2D eigenvalue weighted by Crippen LogP contribution is 2.41. The standard InChI is InChI=1S/C26H28FNO5/c1-14-16-7-6-12-32-20(16)11-10-17(14)21-19-13-15(27)8-9-18(19)24(29)28(5)22(21)23(25(30)31)33-26(2,3)4/h8-11,13,23H,6-7,12H2,1-5H3,(H,30,31). The van der Waals surface area contributed by atoms with E-state index >= 15 is 0 Å². The monoisotopic (exact) mass is 453 g/mol. The first-order valence-electron chi connectivity index (χ1n) is 11.0. The van der Waals surface area contributed by atoms with Crippen molar-refractivity contribution in [3.63, 3.8) is 0 Å². The summed E-state index contributed by atoms with van der Waals surface area (Å²) < 4.78 is 27.5. The summed E-state index contributed by atoms with van der Waals surface area (Å²) in [5.41, 5.74) is 2.13. The molecule has 0 radical (unpaired) electrons. The smallest absolute Gasteiger partial charge is 0.339 e. The van der Waals surface area contributed by atoms with Crippen LogP contribution in [-0.2, 0) is 23.0 Å². The van der Waals surface area contributed by atoms with Gasteiger partial charge in [-0.2, -0.15) is 0 Å². The molecule has 1 atom stereocenters. The molecule has 4 rings (SSSR count). The van der Waals surface area contributed by atoms with E-state index in [9.17, 15) is 19.1 Å². The van der Waals surface area contributed by atoms with Crippen molar-refractivity contribution in [1.82, 2.24) is 4.57 Å². The van der Waals surface area contributed by atoms with Crippen LogP contribution in [0.2, 0.25) is 0 Å². The van der Waals surface area contributed by atoms with E-state index in [2.05, 4.69) is 0 Å². The van der Waals surface area contributed by atoms with E-state index in [1.54, 1.807) is 20.8 Å². The predicted molar refractivity (Wildman–Crippen MR) is 124 cm³/mol. The molecule has 0 fully saturated rings. The molecule has 1 aliphatic rings. The molecule has 0 aliphatic carbocycles. The fourth-order valence-corrected chi connectivity index (χ4v) is 4.55. The zero-order valence-corrected chi connectivity index (χ0v) is 19.5. The number of carboxylic acids is 1. The van der Waals surface area contributed by atoms with E-state index in [4.69, 9.17) is 9.47 Å². The van der Waals surface area contributed by atoms with Gasteiger partial charge in [0, 0.05) is 18.0 Å². The number of ether oxygens (including phenoxy) is 2. The average molecular weight is 454 g/mol. The topological polar surface area (TPSA) is 77.8 Å². The van der Waals surface area contributed by atoms with Crippen LogP contribution >= 0.6 is 0 Å². The molecular formula is C26H28FNO5. The Morgan fingerprint density at radius 2 is 1.94 bits per heavy atom. The van der Waals surface area contributed by atoms with E-state index in [0.29, 0.717) is 22.9 Å². The van der Waals surface area contributed by atoms with Crippen LogP contribution < -0.4 is 10.3 Å². The summed E-state index contributed by atoms with van der Waals surface area (Å²) in [6.45, 7) is 7.85. The largest absolute Gasteiger partial charge is 0.493 e. The van der Waals surface area contributed by atoms with Crippen LogP contribution in [0.1, 0.15) is 50.1 Å². The van der Waals surface area contributed by atoms with Crippen LogP contribution in [0.5, 0.6) is 5.75 Å². The third-order valence-electron chi connectivity index (χ3n) is 6.00. The van der Waals surface area contributed by atoms with E-state index < -0.39 is 29.1 Å². The van der Waals surface area contributed by atoms with Gasteiger partial charge in [-0.05, 0) is 86.9 Å².